The van der Waals surface area contributed by atoms with Gasteiger partial charge >= 0.3 is 0 Å². The number of aromatic nitrogens is 2. The second kappa shape index (κ2) is 21.3. The maximum Gasteiger partial charge on any atom is 0.259 e. The van der Waals surface area contributed by atoms with Crippen molar-refractivity contribution in [1.82, 2.24) is 14.8 Å². The van der Waals surface area contributed by atoms with Crippen LogP contribution in [0.2, 0.25) is 0 Å². The summed E-state index contributed by atoms with van der Waals surface area (Å²) >= 11 is 0. The largest absolute Gasteiger partial charge is 0.396 e. The zero-order valence-corrected chi connectivity index (χ0v) is 34.0. The van der Waals surface area contributed by atoms with Crippen molar-refractivity contribution in [2.24, 2.45) is 22.5 Å². The van der Waals surface area contributed by atoms with E-state index >= 15 is 0 Å². The first-order chi connectivity index (χ1) is 27.4. The zero-order chi connectivity index (χ0) is 41.3. The molecule has 5 aromatic rings. The van der Waals surface area contributed by atoms with E-state index in [1.54, 1.807) is 56.4 Å². The van der Waals surface area contributed by atoms with Crippen LogP contribution in [0.5, 0.6) is 0 Å². The number of nitrogens with zero attached hydrogens (tertiary/aromatic N) is 6. The van der Waals surface area contributed by atoms with Crippen molar-refractivity contribution >= 4 is 41.3 Å². The van der Waals surface area contributed by atoms with Crippen LogP contribution in [0.3, 0.4) is 0 Å². The Morgan fingerprint density at radius 3 is 1.86 bits per heavy atom. The molecule has 57 heavy (non-hydrogen) atoms. The molecule has 0 saturated carbocycles. The molecule has 0 spiro atoms. The molecule has 0 saturated heterocycles. The van der Waals surface area contributed by atoms with E-state index in [2.05, 4.69) is 37.7 Å². The van der Waals surface area contributed by atoms with Gasteiger partial charge in [0, 0.05) is 49.8 Å². The molecule has 4 aromatic carbocycles. The van der Waals surface area contributed by atoms with E-state index in [4.69, 9.17) is 9.68 Å². The minimum atomic E-state index is -0.282. The molecule has 0 fully saturated rings. The standard InChI is InChI=1S/C23H28N4O2.C22H24N4O2/c1-16(2)29-24-15-19-11-13-20(14-12-19)21-9-7-8-10-22(21)25-23(28)17(3)18(4)26-27(5)6;1-4-13-28-23-14-17-9-11-18(12-10-17)19-7-5-6-8-21(19)24-22(27)20-15-26(3)25-16(20)2/h7-16H,3H2,1-2,4-6H3,(H,25,28);5-12,14-15H,4,13H2,1-3H3,(H,24,27)/b24-15-,26-18-;23-14-. The number of carbonyl (C=O) groups excluding carboxylic acids is 2. The quantitative estimate of drug-likeness (QED) is 0.0473. The number of aryl methyl sites for hydroxylation is 2. The first-order valence-electron chi connectivity index (χ1n) is 18.6. The number of oxime groups is 2. The highest BCUT2D eigenvalue weighted by Gasteiger charge is 2.16. The van der Waals surface area contributed by atoms with Crippen LogP contribution in [-0.4, -0.2) is 71.6 Å². The van der Waals surface area contributed by atoms with Gasteiger partial charge in [-0.1, -0.05) is 109 Å². The first-order valence-corrected chi connectivity index (χ1v) is 18.6. The van der Waals surface area contributed by atoms with Gasteiger partial charge in [-0.05, 0) is 68.5 Å². The van der Waals surface area contributed by atoms with E-state index in [1.165, 1.54) is 0 Å². The summed E-state index contributed by atoms with van der Waals surface area (Å²) in [6, 6.07) is 31.2. The smallest absolute Gasteiger partial charge is 0.259 e. The van der Waals surface area contributed by atoms with Gasteiger partial charge in [0.25, 0.3) is 11.8 Å². The molecule has 0 aliphatic heterocycles. The number of hydrogen-bond acceptors (Lipinski definition) is 9. The molecule has 1 aromatic heterocycles. The van der Waals surface area contributed by atoms with Crippen molar-refractivity contribution in [3.05, 3.63) is 138 Å². The molecule has 0 bridgehead atoms. The summed E-state index contributed by atoms with van der Waals surface area (Å²) in [5, 5.41) is 23.9. The van der Waals surface area contributed by atoms with Gasteiger partial charge in [-0.25, -0.2) is 0 Å². The Labute approximate surface area is 335 Å². The van der Waals surface area contributed by atoms with Gasteiger partial charge in [0.05, 0.1) is 35.0 Å². The third-order valence-electron chi connectivity index (χ3n) is 8.16. The zero-order valence-electron chi connectivity index (χ0n) is 34.0. The fraction of sp³-hybridized carbons (Fsp3) is 0.244. The summed E-state index contributed by atoms with van der Waals surface area (Å²) in [5.41, 5.74) is 9.35. The molecule has 0 unspecified atom stereocenters. The number of anilines is 2. The lowest BCUT2D eigenvalue weighted by molar-refractivity contribution is -0.112. The van der Waals surface area contributed by atoms with Crippen LogP contribution in [0.1, 0.15) is 61.3 Å². The average molecular weight is 769 g/mol. The Morgan fingerprint density at radius 2 is 1.37 bits per heavy atom. The van der Waals surface area contributed by atoms with E-state index in [0.717, 1.165) is 45.5 Å². The van der Waals surface area contributed by atoms with Crippen molar-refractivity contribution in [3.63, 3.8) is 0 Å². The second-order valence-corrected chi connectivity index (χ2v) is 13.5. The summed E-state index contributed by atoms with van der Waals surface area (Å²) < 4.78 is 1.64. The molecule has 2 amide bonds. The van der Waals surface area contributed by atoms with E-state index in [1.807, 2.05) is 125 Å². The average Bonchev–Trinajstić information content (AvgIpc) is 3.54. The molecular formula is C45H52N8O4. The molecule has 0 aliphatic carbocycles. The summed E-state index contributed by atoms with van der Waals surface area (Å²) in [6.07, 6.45) is 6.06. The summed E-state index contributed by atoms with van der Waals surface area (Å²) in [4.78, 5) is 35.6. The van der Waals surface area contributed by atoms with Crippen LogP contribution in [-0.2, 0) is 21.5 Å². The second-order valence-electron chi connectivity index (χ2n) is 13.5. The van der Waals surface area contributed by atoms with Crippen LogP contribution in [0.25, 0.3) is 22.3 Å². The molecule has 0 atom stereocenters. The maximum atomic E-state index is 12.7. The van der Waals surface area contributed by atoms with Crippen molar-refractivity contribution < 1.29 is 19.3 Å². The van der Waals surface area contributed by atoms with Crippen molar-refractivity contribution in [1.29, 1.82) is 0 Å². The van der Waals surface area contributed by atoms with E-state index < -0.39 is 0 Å². The van der Waals surface area contributed by atoms with Crippen LogP contribution < -0.4 is 10.6 Å². The van der Waals surface area contributed by atoms with Crippen LogP contribution >= 0.6 is 0 Å². The lowest BCUT2D eigenvalue weighted by Gasteiger charge is -2.13. The Balaban J connectivity index is 0.000000253. The third-order valence-corrected chi connectivity index (χ3v) is 8.16. The van der Waals surface area contributed by atoms with Crippen LogP contribution in [0.15, 0.2) is 131 Å². The van der Waals surface area contributed by atoms with Crippen LogP contribution in [0, 0.1) is 6.92 Å². The van der Waals surface area contributed by atoms with Gasteiger partial charge in [-0.2, -0.15) is 10.2 Å². The first kappa shape index (κ1) is 42.9. The lowest BCUT2D eigenvalue weighted by atomic mass is 10.0. The molecule has 0 radical (unpaired) electrons. The van der Waals surface area contributed by atoms with Gasteiger partial charge in [0.2, 0.25) is 0 Å². The Morgan fingerprint density at radius 1 is 0.842 bits per heavy atom. The number of hydrogen-bond donors (Lipinski definition) is 2. The Hall–Kier alpha value is -6.82. The number of nitrogens with one attached hydrogen (secondary N) is 2. The lowest BCUT2D eigenvalue weighted by Crippen LogP contribution is -2.20. The predicted molar refractivity (Wildman–Crippen MR) is 232 cm³/mol. The van der Waals surface area contributed by atoms with Gasteiger partial charge < -0.3 is 25.3 Å². The van der Waals surface area contributed by atoms with Gasteiger partial charge in [-0.15, -0.1) is 0 Å². The number of para-hydroxylation sites is 2. The van der Waals surface area contributed by atoms with Crippen molar-refractivity contribution in [3.8, 4) is 22.3 Å². The maximum absolute atomic E-state index is 12.7. The Kier molecular flexibility index (Phi) is 16.0. The molecule has 1 heterocycles. The predicted octanol–water partition coefficient (Wildman–Crippen LogP) is 8.95. The fourth-order valence-corrected chi connectivity index (χ4v) is 5.37. The summed E-state index contributed by atoms with van der Waals surface area (Å²) in [7, 11) is 5.40. The molecule has 5 rings (SSSR count). The normalized spacial score (nSPS) is 11.3. The van der Waals surface area contributed by atoms with Gasteiger partial charge in [0.15, 0.2) is 0 Å². The highest BCUT2D eigenvalue weighted by Crippen LogP contribution is 2.30. The SMILES string of the molecule is C=C(C(=O)Nc1ccccc1-c1ccc(/C=N\OC(C)C)cc1)/C(C)=N\N(C)C.CCCO/N=C\c1ccc(-c2ccccc2NC(=O)c2cn(C)nc2C)cc1. The molecule has 12 nitrogen and oxygen atoms in total. The highest BCUT2D eigenvalue weighted by atomic mass is 16.6. The molecule has 296 valence electrons. The Bertz CT molecular complexity index is 2200. The summed E-state index contributed by atoms with van der Waals surface area (Å²) in [5.74, 6) is -0.454. The number of benzene rings is 4. The molecule has 0 aliphatic rings. The monoisotopic (exact) mass is 768 g/mol. The molecular weight excluding hydrogens is 717 g/mol. The third kappa shape index (κ3) is 13.2. The minimum absolute atomic E-state index is 0.0437. The number of rotatable bonds is 15. The molecule has 12 heteroatoms. The highest BCUT2D eigenvalue weighted by molar-refractivity contribution is 6.24. The molecule has 2 N–H and O–H groups in total. The van der Waals surface area contributed by atoms with E-state index in [0.29, 0.717) is 34.8 Å². The number of amides is 2. The number of hydrazone groups is 1. The fourth-order valence-electron chi connectivity index (χ4n) is 5.37. The van der Waals surface area contributed by atoms with Crippen molar-refractivity contribution in [2.75, 3.05) is 31.3 Å². The summed E-state index contributed by atoms with van der Waals surface area (Å²) in [6.45, 7) is 13.9. The number of carbonyl (C=O) groups is 2. The van der Waals surface area contributed by atoms with E-state index in [9.17, 15) is 9.59 Å². The van der Waals surface area contributed by atoms with Crippen LogP contribution in [0.4, 0.5) is 11.4 Å². The topological polar surface area (TPSA) is 135 Å². The van der Waals surface area contributed by atoms with Gasteiger partial charge in [-0.3, -0.25) is 14.3 Å². The van der Waals surface area contributed by atoms with Gasteiger partial charge in [0.1, 0.15) is 12.7 Å². The van der Waals surface area contributed by atoms with E-state index in [-0.39, 0.29) is 17.9 Å². The van der Waals surface area contributed by atoms with Crippen molar-refractivity contribution in [2.45, 2.75) is 47.1 Å². The minimum Gasteiger partial charge on any atom is -0.396 e.